The summed E-state index contributed by atoms with van der Waals surface area (Å²) in [6, 6.07) is 3.79. The number of benzene rings is 1. The van der Waals surface area contributed by atoms with Gasteiger partial charge in [-0.3, -0.25) is 4.79 Å². The van der Waals surface area contributed by atoms with E-state index in [1.165, 1.54) is 4.90 Å². The molecule has 9 nitrogen and oxygen atoms in total. The van der Waals surface area contributed by atoms with Crippen LogP contribution in [0.15, 0.2) is 29.2 Å². The molecular weight excluding hydrogens is 580 g/mol. The van der Waals surface area contributed by atoms with Gasteiger partial charge in [-0.1, -0.05) is 0 Å². The molecule has 16 heteroatoms. The monoisotopic (exact) mass is 607 g/mol. The van der Waals surface area contributed by atoms with E-state index >= 15 is 0 Å². The van der Waals surface area contributed by atoms with Crippen LogP contribution < -0.4 is 15.0 Å². The highest BCUT2D eigenvalue weighted by Crippen LogP contribution is 2.41. The van der Waals surface area contributed by atoms with E-state index in [0.717, 1.165) is 6.07 Å². The number of nitrogens with zero attached hydrogens (tertiary/aromatic N) is 4. The average Bonchev–Trinajstić information content (AvgIpc) is 3.29. The molecule has 2 unspecified atom stereocenters. The van der Waals surface area contributed by atoms with Gasteiger partial charge < -0.3 is 15.0 Å². The highest BCUT2D eigenvalue weighted by Gasteiger charge is 2.51. The number of aryl methyl sites for hydroxylation is 1. The lowest BCUT2D eigenvalue weighted by atomic mass is 10.1. The molecule has 41 heavy (non-hydrogen) atoms. The molecule has 1 saturated carbocycles. The first-order valence-electron chi connectivity index (χ1n) is 12.6. The second kappa shape index (κ2) is 10.4. The van der Waals surface area contributed by atoms with Crippen LogP contribution in [0, 0.1) is 18.3 Å². The van der Waals surface area contributed by atoms with E-state index in [1.807, 2.05) is 19.9 Å². The Kier molecular flexibility index (Phi) is 7.74. The molecule has 1 aliphatic carbocycles. The van der Waals surface area contributed by atoms with Gasteiger partial charge in [-0.25, -0.2) is 13.1 Å². The SMILES string of the molecule is Cc1cc(N2CC(S(=O)(=O)c3ccc(OCC(F)(F)F)cc3C(F)(F)F)CC2C(=O)NC2(C#N)CC2)n(C(C)C)n1. The number of carbonyl (C=O) groups is 1. The number of nitrogens with one attached hydrogen (secondary N) is 1. The van der Waals surface area contributed by atoms with Crippen molar-refractivity contribution in [2.24, 2.45) is 0 Å². The van der Waals surface area contributed by atoms with E-state index < -0.39 is 74.2 Å². The van der Waals surface area contributed by atoms with Gasteiger partial charge in [0.25, 0.3) is 0 Å². The fraction of sp³-hybridized carbons (Fsp3) is 0.560. The van der Waals surface area contributed by atoms with Crippen molar-refractivity contribution in [3.63, 3.8) is 0 Å². The number of anilines is 1. The van der Waals surface area contributed by atoms with Gasteiger partial charge in [0.1, 0.15) is 23.1 Å². The lowest BCUT2D eigenvalue weighted by Crippen LogP contribution is -2.48. The van der Waals surface area contributed by atoms with E-state index in [9.17, 15) is 44.8 Å². The summed E-state index contributed by atoms with van der Waals surface area (Å²) < 4.78 is 113. The number of rotatable bonds is 8. The minimum atomic E-state index is -5.24. The summed E-state index contributed by atoms with van der Waals surface area (Å²) >= 11 is 0. The van der Waals surface area contributed by atoms with E-state index in [0.29, 0.717) is 30.4 Å². The van der Waals surface area contributed by atoms with E-state index in [-0.39, 0.29) is 18.7 Å². The molecule has 2 aliphatic rings. The third-order valence-electron chi connectivity index (χ3n) is 6.92. The summed E-state index contributed by atoms with van der Waals surface area (Å²) in [5.41, 5.74) is -2.20. The zero-order valence-corrected chi connectivity index (χ0v) is 23.0. The Bertz CT molecular complexity index is 1470. The van der Waals surface area contributed by atoms with Gasteiger partial charge in [-0.15, -0.1) is 0 Å². The molecule has 1 N–H and O–H groups in total. The summed E-state index contributed by atoms with van der Waals surface area (Å²) in [6.07, 6.45) is -9.65. The number of sulfone groups is 1. The van der Waals surface area contributed by atoms with Crippen molar-refractivity contribution < 1.29 is 44.3 Å². The summed E-state index contributed by atoms with van der Waals surface area (Å²) in [5.74, 6) is -1.08. The number of alkyl halides is 6. The quantitative estimate of drug-likeness (QED) is 0.444. The molecule has 1 aliphatic heterocycles. The number of amides is 1. The van der Waals surface area contributed by atoms with Gasteiger partial charge in [-0.05, 0) is 58.2 Å². The number of ether oxygens (including phenoxy) is 1. The van der Waals surface area contributed by atoms with Crippen molar-refractivity contribution in [3.05, 3.63) is 35.5 Å². The second-order valence-electron chi connectivity index (χ2n) is 10.5. The van der Waals surface area contributed by atoms with Gasteiger partial charge in [0.2, 0.25) is 5.91 Å². The number of aromatic nitrogens is 2. The molecule has 1 aromatic carbocycles. The molecule has 1 saturated heterocycles. The normalized spacial score (nSPS) is 20.7. The molecule has 0 bridgehead atoms. The first kappa shape index (κ1) is 30.5. The fourth-order valence-corrected chi connectivity index (χ4v) is 6.63. The molecule has 1 amide bonds. The van der Waals surface area contributed by atoms with Gasteiger partial charge in [0.15, 0.2) is 16.4 Å². The average molecular weight is 608 g/mol. The first-order valence-corrected chi connectivity index (χ1v) is 14.1. The molecule has 0 radical (unpaired) electrons. The van der Waals surface area contributed by atoms with Gasteiger partial charge in [0, 0.05) is 18.7 Å². The summed E-state index contributed by atoms with van der Waals surface area (Å²) in [4.78, 5) is 13.7. The van der Waals surface area contributed by atoms with Crippen LogP contribution in [0.3, 0.4) is 0 Å². The van der Waals surface area contributed by atoms with E-state index in [2.05, 4.69) is 15.2 Å². The predicted octanol–water partition coefficient (Wildman–Crippen LogP) is 4.33. The number of hydrogen-bond acceptors (Lipinski definition) is 7. The Labute approximate surface area is 232 Å². The predicted molar refractivity (Wildman–Crippen MR) is 133 cm³/mol. The van der Waals surface area contributed by atoms with Crippen molar-refractivity contribution in [2.45, 2.75) is 80.2 Å². The van der Waals surface area contributed by atoms with Crippen LogP contribution in [0.2, 0.25) is 0 Å². The Balaban J connectivity index is 1.73. The number of hydrogen-bond donors (Lipinski definition) is 1. The smallest absolute Gasteiger partial charge is 0.422 e. The van der Waals surface area contributed by atoms with Crippen molar-refractivity contribution >= 4 is 21.6 Å². The minimum absolute atomic E-state index is 0.215. The molecule has 2 aromatic rings. The second-order valence-corrected chi connectivity index (χ2v) is 12.7. The molecule has 4 rings (SSSR count). The van der Waals surface area contributed by atoms with Crippen LogP contribution in [0.4, 0.5) is 32.2 Å². The molecule has 2 heterocycles. The number of carbonyl (C=O) groups excluding carboxylic acids is 1. The number of nitriles is 1. The zero-order chi connectivity index (χ0) is 30.5. The lowest BCUT2D eigenvalue weighted by molar-refractivity contribution is -0.153. The highest BCUT2D eigenvalue weighted by molar-refractivity contribution is 7.92. The van der Waals surface area contributed by atoms with Crippen molar-refractivity contribution in [2.75, 3.05) is 18.1 Å². The summed E-state index contributed by atoms with van der Waals surface area (Å²) in [7, 11) is -4.79. The third-order valence-corrected chi connectivity index (χ3v) is 9.11. The van der Waals surface area contributed by atoms with Crippen molar-refractivity contribution in [1.29, 1.82) is 5.26 Å². The highest BCUT2D eigenvalue weighted by atomic mass is 32.2. The van der Waals surface area contributed by atoms with E-state index in [1.54, 1.807) is 17.7 Å². The van der Waals surface area contributed by atoms with Crippen LogP contribution in [0.25, 0.3) is 0 Å². The van der Waals surface area contributed by atoms with Crippen LogP contribution in [0.5, 0.6) is 5.75 Å². The van der Waals surface area contributed by atoms with Crippen LogP contribution in [-0.2, 0) is 20.8 Å². The molecule has 2 atom stereocenters. The van der Waals surface area contributed by atoms with Crippen LogP contribution in [0.1, 0.15) is 50.4 Å². The fourth-order valence-electron chi connectivity index (χ4n) is 4.74. The maximum atomic E-state index is 14.0. The Hall–Kier alpha value is -3.48. The van der Waals surface area contributed by atoms with Crippen LogP contribution >= 0.6 is 0 Å². The van der Waals surface area contributed by atoms with E-state index in [4.69, 9.17) is 0 Å². The molecule has 224 valence electrons. The minimum Gasteiger partial charge on any atom is -0.484 e. The summed E-state index contributed by atoms with van der Waals surface area (Å²) in [6.45, 7) is 3.07. The van der Waals surface area contributed by atoms with Crippen molar-refractivity contribution in [3.8, 4) is 11.8 Å². The third kappa shape index (κ3) is 6.39. The van der Waals surface area contributed by atoms with Crippen LogP contribution in [-0.4, -0.2) is 60.3 Å². The van der Waals surface area contributed by atoms with Gasteiger partial charge in [0.05, 0.1) is 27.5 Å². The first-order chi connectivity index (χ1) is 18.9. The maximum absolute atomic E-state index is 14.0. The number of halogens is 6. The molecule has 1 aromatic heterocycles. The summed E-state index contributed by atoms with van der Waals surface area (Å²) in [5, 5.41) is 14.9. The van der Waals surface area contributed by atoms with Crippen molar-refractivity contribution in [1.82, 2.24) is 15.1 Å². The topological polar surface area (TPSA) is 117 Å². The van der Waals surface area contributed by atoms with Gasteiger partial charge >= 0.3 is 12.4 Å². The Morgan fingerprint density at radius 2 is 1.88 bits per heavy atom. The molecular formula is C25H27F6N5O4S. The standard InChI is InChI=1S/C25H27F6N5O4S/c1-14(2)36-21(8-15(3)34-36)35-11-17(10-19(35)22(37)33-23(12-32)6-7-23)41(38,39)20-5-4-16(40-13-24(26,27)28)9-18(20)25(29,30)31/h4-5,8-9,14,17,19H,6-7,10-11,13H2,1-3H3,(H,33,37). The maximum Gasteiger partial charge on any atom is 0.422 e. The Morgan fingerprint density at radius 3 is 2.41 bits per heavy atom. The zero-order valence-electron chi connectivity index (χ0n) is 22.2. The Morgan fingerprint density at radius 1 is 1.22 bits per heavy atom. The molecule has 0 spiro atoms. The molecule has 2 fully saturated rings. The largest absolute Gasteiger partial charge is 0.484 e. The van der Waals surface area contributed by atoms with Gasteiger partial charge in [-0.2, -0.15) is 36.7 Å². The lowest BCUT2D eigenvalue weighted by Gasteiger charge is -2.28.